The molecule has 0 saturated carbocycles. The van der Waals surface area contributed by atoms with Gasteiger partial charge in [0.25, 0.3) is 5.56 Å². The van der Waals surface area contributed by atoms with Crippen molar-refractivity contribution < 1.29 is 0 Å². The van der Waals surface area contributed by atoms with E-state index in [9.17, 15) is 4.79 Å². The third-order valence-electron chi connectivity index (χ3n) is 4.69. The van der Waals surface area contributed by atoms with E-state index in [1.807, 2.05) is 24.3 Å². The number of benzene rings is 1. The Kier molecular flexibility index (Phi) is 4.87. The van der Waals surface area contributed by atoms with Gasteiger partial charge in [-0.2, -0.15) is 0 Å². The quantitative estimate of drug-likeness (QED) is 0.747. The van der Waals surface area contributed by atoms with Crippen molar-refractivity contribution in [2.24, 2.45) is 7.05 Å². The molecule has 0 amide bonds. The van der Waals surface area contributed by atoms with Gasteiger partial charge in [0.1, 0.15) is 6.33 Å². The number of hydrogen-bond acceptors (Lipinski definition) is 6. The smallest absolute Gasteiger partial charge is 0.255 e. The van der Waals surface area contributed by atoms with E-state index in [4.69, 9.17) is 16.6 Å². The topological polar surface area (TPSA) is 75.9 Å². The van der Waals surface area contributed by atoms with E-state index >= 15 is 0 Å². The van der Waals surface area contributed by atoms with Gasteiger partial charge in [-0.3, -0.25) is 9.36 Å². The van der Waals surface area contributed by atoms with Crippen LogP contribution >= 0.6 is 11.6 Å². The summed E-state index contributed by atoms with van der Waals surface area (Å²) in [6, 6.07) is 11.1. The summed E-state index contributed by atoms with van der Waals surface area (Å²) in [4.78, 5) is 27.5. The molecule has 1 N–H and O–H groups in total. The van der Waals surface area contributed by atoms with E-state index in [1.54, 1.807) is 23.9 Å². The first kappa shape index (κ1) is 17.6. The Balaban J connectivity index is 1.69. The fourth-order valence-corrected chi connectivity index (χ4v) is 3.55. The van der Waals surface area contributed by atoms with Gasteiger partial charge >= 0.3 is 0 Å². The summed E-state index contributed by atoms with van der Waals surface area (Å²) >= 11 is 6.37. The van der Waals surface area contributed by atoms with Crippen LogP contribution in [-0.2, 0) is 7.05 Å². The van der Waals surface area contributed by atoms with Crippen molar-refractivity contribution in [3.05, 3.63) is 69.9 Å². The predicted octanol–water partition coefficient (Wildman–Crippen LogP) is 2.04. The highest BCUT2D eigenvalue weighted by Gasteiger charge is 2.25. The van der Waals surface area contributed by atoms with E-state index in [-0.39, 0.29) is 11.6 Å². The summed E-state index contributed by atoms with van der Waals surface area (Å²) in [5.41, 5.74) is 2.09. The number of aromatic nitrogens is 4. The molecular weight excluding hydrogens is 364 g/mol. The molecule has 1 saturated heterocycles. The van der Waals surface area contributed by atoms with Gasteiger partial charge in [0, 0.05) is 44.0 Å². The first-order valence-corrected chi connectivity index (χ1v) is 9.08. The standard InChI is InChI=1S/C19H19ClN6O/c1-25-18(27)10-16(15-6-7-21-12-23-15)24-19(25)26-9-8-22-17(11-26)13-4-2-3-5-14(13)20/h2-7,10,12,17,22H,8-9,11H2,1H3. The molecule has 4 rings (SSSR count). The fourth-order valence-electron chi connectivity index (χ4n) is 3.28. The van der Waals surface area contributed by atoms with E-state index in [1.165, 1.54) is 12.4 Å². The Morgan fingerprint density at radius 2 is 2.07 bits per heavy atom. The van der Waals surface area contributed by atoms with Crippen LogP contribution in [0.2, 0.25) is 5.02 Å². The summed E-state index contributed by atoms with van der Waals surface area (Å²) in [5.74, 6) is 0.620. The van der Waals surface area contributed by atoms with Gasteiger partial charge in [-0.05, 0) is 17.7 Å². The second kappa shape index (κ2) is 7.46. The molecular formula is C19H19ClN6O. The van der Waals surface area contributed by atoms with E-state index < -0.39 is 0 Å². The summed E-state index contributed by atoms with van der Waals surface area (Å²) in [5, 5.41) is 4.22. The molecule has 3 aromatic rings. The van der Waals surface area contributed by atoms with Crippen LogP contribution in [0.4, 0.5) is 5.95 Å². The SMILES string of the molecule is Cn1c(N2CCNC(c3ccccc3Cl)C2)nc(-c2ccncn2)cc1=O. The maximum Gasteiger partial charge on any atom is 0.255 e. The zero-order chi connectivity index (χ0) is 18.8. The molecule has 1 unspecified atom stereocenters. The number of anilines is 1. The van der Waals surface area contributed by atoms with Gasteiger partial charge in [-0.1, -0.05) is 29.8 Å². The second-order valence-electron chi connectivity index (χ2n) is 6.41. The number of hydrogen-bond donors (Lipinski definition) is 1. The Bertz CT molecular complexity index is 1010. The molecule has 1 aliphatic heterocycles. The van der Waals surface area contributed by atoms with Crippen LogP contribution in [-0.4, -0.2) is 39.2 Å². The number of rotatable bonds is 3. The van der Waals surface area contributed by atoms with Gasteiger partial charge < -0.3 is 10.2 Å². The number of piperazine rings is 1. The lowest BCUT2D eigenvalue weighted by atomic mass is 10.0. The molecule has 7 nitrogen and oxygen atoms in total. The lowest BCUT2D eigenvalue weighted by molar-refractivity contribution is 0.462. The minimum absolute atomic E-state index is 0.0621. The van der Waals surface area contributed by atoms with Crippen LogP contribution in [0.25, 0.3) is 11.4 Å². The fraction of sp³-hybridized carbons (Fsp3) is 0.263. The van der Waals surface area contributed by atoms with Crippen LogP contribution in [0.3, 0.4) is 0 Å². The highest BCUT2D eigenvalue weighted by molar-refractivity contribution is 6.31. The molecule has 0 radical (unpaired) electrons. The Hall–Kier alpha value is -2.77. The van der Waals surface area contributed by atoms with Crippen LogP contribution in [0.15, 0.2) is 53.7 Å². The van der Waals surface area contributed by atoms with E-state index in [0.717, 1.165) is 23.7 Å². The summed E-state index contributed by atoms with van der Waals surface area (Å²) in [6.07, 6.45) is 3.09. The minimum atomic E-state index is -0.124. The maximum absolute atomic E-state index is 12.5. The highest BCUT2D eigenvalue weighted by atomic mass is 35.5. The molecule has 27 heavy (non-hydrogen) atoms. The van der Waals surface area contributed by atoms with Gasteiger partial charge in [0.15, 0.2) is 0 Å². The third kappa shape index (κ3) is 3.56. The molecule has 1 atom stereocenters. The van der Waals surface area contributed by atoms with Crippen molar-refractivity contribution in [1.29, 1.82) is 0 Å². The lowest BCUT2D eigenvalue weighted by Crippen LogP contribution is -2.47. The second-order valence-corrected chi connectivity index (χ2v) is 6.81. The van der Waals surface area contributed by atoms with Gasteiger partial charge in [-0.25, -0.2) is 15.0 Å². The van der Waals surface area contributed by atoms with Gasteiger partial charge in [0.05, 0.1) is 17.4 Å². The molecule has 0 aliphatic carbocycles. The molecule has 3 heterocycles. The monoisotopic (exact) mass is 382 g/mol. The minimum Gasteiger partial charge on any atom is -0.339 e. The first-order valence-electron chi connectivity index (χ1n) is 8.70. The number of nitrogens with zero attached hydrogens (tertiary/aromatic N) is 5. The van der Waals surface area contributed by atoms with Crippen molar-refractivity contribution in [3.63, 3.8) is 0 Å². The summed E-state index contributed by atoms with van der Waals surface area (Å²) in [6.45, 7) is 2.18. The molecule has 0 spiro atoms. The lowest BCUT2D eigenvalue weighted by Gasteiger charge is -2.35. The van der Waals surface area contributed by atoms with Crippen LogP contribution in [0.1, 0.15) is 11.6 Å². The number of halogens is 1. The van der Waals surface area contributed by atoms with E-state index in [0.29, 0.717) is 23.9 Å². The summed E-state index contributed by atoms with van der Waals surface area (Å²) in [7, 11) is 1.74. The molecule has 2 aromatic heterocycles. The van der Waals surface area contributed by atoms with E-state index in [2.05, 4.69) is 20.2 Å². The van der Waals surface area contributed by atoms with Crippen molar-refractivity contribution in [2.75, 3.05) is 24.5 Å². The van der Waals surface area contributed by atoms with Crippen molar-refractivity contribution in [2.45, 2.75) is 6.04 Å². The molecule has 8 heteroatoms. The average molecular weight is 383 g/mol. The molecule has 138 valence electrons. The molecule has 1 aromatic carbocycles. The van der Waals surface area contributed by atoms with Crippen molar-refractivity contribution in [1.82, 2.24) is 24.8 Å². The number of nitrogens with one attached hydrogen (secondary N) is 1. The van der Waals surface area contributed by atoms with Crippen LogP contribution in [0.5, 0.6) is 0 Å². The zero-order valence-corrected chi connectivity index (χ0v) is 15.6. The average Bonchev–Trinajstić information content (AvgIpc) is 2.71. The van der Waals surface area contributed by atoms with Gasteiger partial charge in [0.2, 0.25) is 5.95 Å². The molecule has 0 bridgehead atoms. The highest BCUT2D eigenvalue weighted by Crippen LogP contribution is 2.26. The maximum atomic E-state index is 12.5. The molecule has 1 aliphatic rings. The Morgan fingerprint density at radius 3 is 2.85 bits per heavy atom. The van der Waals surface area contributed by atoms with Gasteiger partial charge in [-0.15, -0.1) is 0 Å². The predicted molar refractivity (Wildman–Crippen MR) is 105 cm³/mol. The third-order valence-corrected chi connectivity index (χ3v) is 5.04. The zero-order valence-electron chi connectivity index (χ0n) is 14.8. The van der Waals surface area contributed by atoms with Crippen LogP contribution in [0, 0.1) is 0 Å². The van der Waals surface area contributed by atoms with Crippen LogP contribution < -0.4 is 15.8 Å². The molecule has 1 fully saturated rings. The summed E-state index contributed by atoms with van der Waals surface area (Å²) < 4.78 is 1.57. The Labute approximate surface area is 161 Å². The van der Waals surface area contributed by atoms with Crippen molar-refractivity contribution >= 4 is 17.5 Å². The van der Waals surface area contributed by atoms with Crippen molar-refractivity contribution in [3.8, 4) is 11.4 Å². The first-order chi connectivity index (χ1) is 13.1. The Morgan fingerprint density at radius 1 is 1.22 bits per heavy atom. The normalized spacial score (nSPS) is 17.1. The largest absolute Gasteiger partial charge is 0.339 e.